The molecule has 0 atom stereocenters. The van der Waals surface area contributed by atoms with Gasteiger partial charge in [-0.2, -0.15) is 0 Å². The Bertz CT molecular complexity index is 578. The second-order valence-corrected chi connectivity index (χ2v) is 4.30. The van der Waals surface area contributed by atoms with E-state index in [1.54, 1.807) is 13.3 Å². The maximum absolute atomic E-state index is 11.4. The molecule has 1 aromatic heterocycles. The smallest absolute Gasteiger partial charge is 0.220 e. The van der Waals surface area contributed by atoms with Crippen LogP contribution in [0.1, 0.15) is 19.2 Å². The van der Waals surface area contributed by atoms with Crippen LogP contribution in [0.3, 0.4) is 0 Å². The zero-order chi connectivity index (χ0) is 14.4. The summed E-state index contributed by atoms with van der Waals surface area (Å²) in [4.78, 5) is 15.6. The molecule has 0 fully saturated rings. The molecule has 1 amide bonds. The van der Waals surface area contributed by atoms with Crippen molar-refractivity contribution < 1.29 is 13.9 Å². The first-order chi connectivity index (χ1) is 9.72. The predicted molar refractivity (Wildman–Crippen MR) is 75.5 cm³/mol. The standard InChI is InChI=1S/C15H18N2O3/c1-3-16-14(18)7-8-15-17-10-13(20-15)11-5-4-6-12(9-11)19-2/h4-6,9-10H,3,7-8H2,1-2H3,(H,16,18). The topological polar surface area (TPSA) is 64.4 Å². The van der Waals surface area contributed by atoms with Gasteiger partial charge in [-0.1, -0.05) is 12.1 Å². The van der Waals surface area contributed by atoms with Crippen LogP contribution < -0.4 is 10.1 Å². The summed E-state index contributed by atoms with van der Waals surface area (Å²) in [6.07, 6.45) is 2.55. The van der Waals surface area contributed by atoms with E-state index in [0.717, 1.165) is 11.3 Å². The molecule has 1 N–H and O–H groups in total. The number of benzene rings is 1. The van der Waals surface area contributed by atoms with Gasteiger partial charge in [0.15, 0.2) is 11.7 Å². The normalized spacial score (nSPS) is 10.3. The molecule has 0 saturated heterocycles. The minimum absolute atomic E-state index is 0.00799. The van der Waals surface area contributed by atoms with Crippen molar-refractivity contribution in [1.82, 2.24) is 10.3 Å². The van der Waals surface area contributed by atoms with E-state index in [1.807, 2.05) is 31.2 Å². The molecule has 5 nitrogen and oxygen atoms in total. The van der Waals surface area contributed by atoms with Gasteiger partial charge in [-0.15, -0.1) is 0 Å². The third-order valence-corrected chi connectivity index (χ3v) is 2.85. The molecule has 1 aromatic carbocycles. The van der Waals surface area contributed by atoms with Crippen LogP contribution >= 0.6 is 0 Å². The van der Waals surface area contributed by atoms with Crippen LogP contribution in [-0.2, 0) is 11.2 Å². The zero-order valence-electron chi connectivity index (χ0n) is 11.7. The molecule has 106 valence electrons. The van der Waals surface area contributed by atoms with Crippen molar-refractivity contribution in [2.24, 2.45) is 0 Å². The number of nitrogens with one attached hydrogen (secondary N) is 1. The van der Waals surface area contributed by atoms with E-state index in [2.05, 4.69) is 10.3 Å². The minimum atomic E-state index is 0.00799. The fraction of sp³-hybridized carbons (Fsp3) is 0.333. The molecular weight excluding hydrogens is 256 g/mol. The first kappa shape index (κ1) is 14.1. The molecule has 1 heterocycles. The fourth-order valence-corrected chi connectivity index (χ4v) is 1.84. The summed E-state index contributed by atoms with van der Waals surface area (Å²) in [7, 11) is 1.62. The quantitative estimate of drug-likeness (QED) is 0.878. The van der Waals surface area contributed by atoms with E-state index < -0.39 is 0 Å². The van der Waals surface area contributed by atoms with Gasteiger partial charge < -0.3 is 14.5 Å². The van der Waals surface area contributed by atoms with Crippen LogP contribution in [0.25, 0.3) is 11.3 Å². The predicted octanol–water partition coefficient (Wildman–Crippen LogP) is 2.42. The Morgan fingerprint density at radius 3 is 3.05 bits per heavy atom. The second-order valence-electron chi connectivity index (χ2n) is 4.30. The van der Waals surface area contributed by atoms with Gasteiger partial charge in [0.1, 0.15) is 5.75 Å². The van der Waals surface area contributed by atoms with E-state index in [9.17, 15) is 4.79 Å². The third kappa shape index (κ3) is 3.60. The Morgan fingerprint density at radius 1 is 1.45 bits per heavy atom. The summed E-state index contributed by atoms with van der Waals surface area (Å²) < 4.78 is 10.8. The number of amides is 1. The van der Waals surface area contributed by atoms with Crippen LogP contribution in [0.2, 0.25) is 0 Å². The maximum Gasteiger partial charge on any atom is 0.220 e. The monoisotopic (exact) mass is 274 g/mol. The number of ether oxygens (including phenoxy) is 1. The number of nitrogens with zero attached hydrogens (tertiary/aromatic N) is 1. The molecule has 0 radical (unpaired) electrons. The van der Waals surface area contributed by atoms with Crippen molar-refractivity contribution in [2.75, 3.05) is 13.7 Å². The fourth-order valence-electron chi connectivity index (χ4n) is 1.84. The Kier molecular flexibility index (Phi) is 4.76. The SMILES string of the molecule is CCNC(=O)CCc1ncc(-c2cccc(OC)c2)o1. The lowest BCUT2D eigenvalue weighted by Gasteiger charge is -2.01. The van der Waals surface area contributed by atoms with Crippen molar-refractivity contribution in [3.8, 4) is 17.1 Å². The molecule has 20 heavy (non-hydrogen) atoms. The summed E-state index contributed by atoms with van der Waals surface area (Å²) in [5.41, 5.74) is 0.904. The minimum Gasteiger partial charge on any atom is -0.497 e. The van der Waals surface area contributed by atoms with E-state index in [0.29, 0.717) is 31.0 Å². The van der Waals surface area contributed by atoms with E-state index in [1.165, 1.54) is 0 Å². The summed E-state index contributed by atoms with van der Waals surface area (Å²) in [5.74, 6) is 2.01. The van der Waals surface area contributed by atoms with Gasteiger partial charge >= 0.3 is 0 Å². The molecule has 2 rings (SSSR count). The van der Waals surface area contributed by atoms with Crippen molar-refractivity contribution in [2.45, 2.75) is 19.8 Å². The van der Waals surface area contributed by atoms with E-state index in [4.69, 9.17) is 9.15 Å². The largest absolute Gasteiger partial charge is 0.497 e. The Hall–Kier alpha value is -2.30. The highest BCUT2D eigenvalue weighted by molar-refractivity contribution is 5.75. The number of aromatic nitrogens is 1. The molecule has 5 heteroatoms. The highest BCUT2D eigenvalue weighted by Gasteiger charge is 2.09. The molecule has 0 aliphatic heterocycles. The van der Waals surface area contributed by atoms with Crippen LogP contribution in [0.5, 0.6) is 5.75 Å². The molecule has 0 aliphatic rings. The van der Waals surface area contributed by atoms with E-state index in [-0.39, 0.29) is 5.91 Å². The number of hydrogen-bond donors (Lipinski definition) is 1. The Labute approximate surface area is 118 Å². The molecule has 0 aliphatic carbocycles. The lowest BCUT2D eigenvalue weighted by atomic mass is 10.2. The van der Waals surface area contributed by atoms with Crippen molar-refractivity contribution >= 4 is 5.91 Å². The van der Waals surface area contributed by atoms with Crippen LogP contribution in [-0.4, -0.2) is 24.5 Å². The van der Waals surface area contributed by atoms with Gasteiger partial charge in [0, 0.05) is 24.9 Å². The second kappa shape index (κ2) is 6.75. The van der Waals surface area contributed by atoms with Gasteiger partial charge in [0.2, 0.25) is 5.91 Å². The molecule has 0 bridgehead atoms. The van der Waals surface area contributed by atoms with Crippen LogP contribution in [0, 0.1) is 0 Å². The number of aryl methyl sites for hydroxylation is 1. The van der Waals surface area contributed by atoms with Gasteiger partial charge in [-0.05, 0) is 19.1 Å². The maximum atomic E-state index is 11.4. The highest BCUT2D eigenvalue weighted by atomic mass is 16.5. The molecular formula is C15H18N2O3. The van der Waals surface area contributed by atoms with Gasteiger partial charge in [-0.3, -0.25) is 4.79 Å². The van der Waals surface area contributed by atoms with Crippen LogP contribution in [0.15, 0.2) is 34.9 Å². The highest BCUT2D eigenvalue weighted by Crippen LogP contribution is 2.24. The zero-order valence-corrected chi connectivity index (χ0v) is 11.7. The number of carbonyl (C=O) groups is 1. The van der Waals surface area contributed by atoms with E-state index >= 15 is 0 Å². The Morgan fingerprint density at radius 2 is 2.30 bits per heavy atom. The first-order valence-corrected chi connectivity index (χ1v) is 6.58. The number of rotatable bonds is 6. The average molecular weight is 274 g/mol. The summed E-state index contributed by atoms with van der Waals surface area (Å²) in [6.45, 7) is 2.53. The van der Waals surface area contributed by atoms with Gasteiger partial charge in [0.25, 0.3) is 0 Å². The van der Waals surface area contributed by atoms with Crippen molar-refractivity contribution in [3.05, 3.63) is 36.4 Å². The molecule has 0 spiro atoms. The van der Waals surface area contributed by atoms with Crippen LogP contribution in [0.4, 0.5) is 0 Å². The lowest BCUT2D eigenvalue weighted by Crippen LogP contribution is -2.22. The first-order valence-electron chi connectivity index (χ1n) is 6.58. The van der Waals surface area contributed by atoms with Crippen molar-refractivity contribution in [3.63, 3.8) is 0 Å². The molecule has 2 aromatic rings. The van der Waals surface area contributed by atoms with Gasteiger partial charge in [0.05, 0.1) is 13.3 Å². The number of hydrogen-bond acceptors (Lipinski definition) is 4. The summed E-state index contributed by atoms with van der Waals surface area (Å²) in [6, 6.07) is 7.58. The molecule has 0 unspecified atom stereocenters. The number of oxazole rings is 1. The van der Waals surface area contributed by atoms with Crippen molar-refractivity contribution in [1.29, 1.82) is 0 Å². The molecule has 0 saturated carbocycles. The summed E-state index contributed by atoms with van der Waals surface area (Å²) in [5, 5.41) is 2.74. The Balaban J connectivity index is 2.03. The van der Waals surface area contributed by atoms with Gasteiger partial charge in [-0.25, -0.2) is 4.98 Å². The number of carbonyl (C=O) groups excluding carboxylic acids is 1. The lowest BCUT2D eigenvalue weighted by molar-refractivity contribution is -0.121. The number of methoxy groups -OCH3 is 1. The average Bonchev–Trinajstić information content (AvgIpc) is 2.94. The summed E-state index contributed by atoms with van der Waals surface area (Å²) >= 11 is 0. The third-order valence-electron chi connectivity index (χ3n) is 2.85.